The number of aromatic nitrogens is 2. The predicted molar refractivity (Wildman–Crippen MR) is 126 cm³/mol. The molecule has 1 fully saturated rings. The van der Waals surface area contributed by atoms with E-state index in [0.29, 0.717) is 35.7 Å². The summed E-state index contributed by atoms with van der Waals surface area (Å²) in [5.41, 5.74) is 0.853. The Labute approximate surface area is 193 Å². The van der Waals surface area contributed by atoms with E-state index in [2.05, 4.69) is 42.4 Å². The lowest BCUT2D eigenvalue weighted by molar-refractivity contribution is 0.259. The molecule has 9 heteroatoms. The van der Waals surface area contributed by atoms with Crippen molar-refractivity contribution in [3.05, 3.63) is 47.3 Å². The van der Waals surface area contributed by atoms with Gasteiger partial charge in [-0.2, -0.15) is 4.98 Å². The summed E-state index contributed by atoms with van der Waals surface area (Å²) >= 11 is 6.03. The number of halogens is 2. The summed E-state index contributed by atoms with van der Waals surface area (Å²) in [6.07, 6.45) is 6.31. The van der Waals surface area contributed by atoms with E-state index in [9.17, 15) is 0 Å². The fraction of sp³-hybridized carbons (Fsp3) is 0.450. The van der Waals surface area contributed by atoms with E-state index in [0.717, 1.165) is 37.7 Å². The predicted octanol–water partition coefficient (Wildman–Crippen LogP) is 3.07. The zero-order valence-corrected chi connectivity index (χ0v) is 19.5. The molecule has 3 heterocycles. The summed E-state index contributed by atoms with van der Waals surface area (Å²) < 4.78 is 5.37. The molecular weight excluding hydrogens is 503 g/mol. The number of hydrogen-bond acceptors (Lipinski definition) is 5. The van der Waals surface area contributed by atoms with E-state index in [1.54, 1.807) is 0 Å². The van der Waals surface area contributed by atoms with Crippen molar-refractivity contribution in [2.75, 3.05) is 39.8 Å². The number of rotatable bonds is 5. The molecule has 0 bridgehead atoms. The number of benzene rings is 1. The SMILES string of the molecule is CN=C(NCCc1nc(-c2cccc(Cl)c2)no1)N1CCC(N2CC=CC2)C1.I. The zero-order chi connectivity index (χ0) is 19.3. The maximum absolute atomic E-state index is 6.03. The lowest BCUT2D eigenvalue weighted by atomic mass is 10.2. The number of aliphatic imine (C=N–C) groups is 1. The lowest BCUT2D eigenvalue weighted by Crippen LogP contribution is -2.43. The van der Waals surface area contributed by atoms with E-state index in [4.69, 9.17) is 16.1 Å². The highest BCUT2D eigenvalue weighted by Crippen LogP contribution is 2.20. The summed E-state index contributed by atoms with van der Waals surface area (Å²) in [7, 11) is 1.83. The highest BCUT2D eigenvalue weighted by molar-refractivity contribution is 14.0. The molecule has 4 rings (SSSR count). The van der Waals surface area contributed by atoms with Crippen LogP contribution < -0.4 is 5.32 Å². The second-order valence-electron chi connectivity index (χ2n) is 7.06. The van der Waals surface area contributed by atoms with Gasteiger partial charge in [-0.15, -0.1) is 24.0 Å². The Morgan fingerprint density at radius 1 is 1.34 bits per heavy atom. The zero-order valence-electron chi connectivity index (χ0n) is 16.4. The molecule has 1 saturated heterocycles. The highest BCUT2D eigenvalue weighted by atomic mass is 127. The van der Waals surface area contributed by atoms with Gasteiger partial charge < -0.3 is 14.7 Å². The van der Waals surface area contributed by atoms with E-state index >= 15 is 0 Å². The standard InChI is InChI=1S/C20H25ClN6O.HI/c1-22-20(27-12-8-17(14-27)26-10-2-3-11-26)23-9-7-18-24-19(25-28-18)15-5-4-6-16(21)13-15;/h2-6,13,17H,7-12,14H2,1H3,(H,22,23);1H. The van der Waals surface area contributed by atoms with Gasteiger partial charge in [0.15, 0.2) is 5.96 Å². The minimum absolute atomic E-state index is 0. The van der Waals surface area contributed by atoms with E-state index in [1.165, 1.54) is 6.42 Å². The molecule has 1 aromatic heterocycles. The summed E-state index contributed by atoms with van der Waals surface area (Å²) in [6, 6.07) is 8.05. The topological polar surface area (TPSA) is 69.8 Å². The molecule has 156 valence electrons. The first-order chi connectivity index (χ1) is 13.7. The molecule has 2 aliphatic heterocycles. The van der Waals surface area contributed by atoms with Gasteiger partial charge in [-0.3, -0.25) is 9.89 Å². The molecule has 1 unspecified atom stereocenters. The number of likely N-dealkylation sites (tertiary alicyclic amines) is 1. The fourth-order valence-electron chi connectivity index (χ4n) is 3.74. The second kappa shape index (κ2) is 10.4. The third-order valence-corrected chi connectivity index (χ3v) is 5.45. The van der Waals surface area contributed by atoms with Crippen LogP contribution in [0.25, 0.3) is 11.4 Å². The van der Waals surface area contributed by atoms with Crippen molar-refractivity contribution in [2.24, 2.45) is 4.99 Å². The van der Waals surface area contributed by atoms with Crippen molar-refractivity contribution in [3.63, 3.8) is 0 Å². The Morgan fingerprint density at radius 2 is 2.17 bits per heavy atom. The van der Waals surface area contributed by atoms with Crippen LogP contribution in [0, 0.1) is 0 Å². The van der Waals surface area contributed by atoms with Crippen molar-refractivity contribution in [3.8, 4) is 11.4 Å². The quantitative estimate of drug-likeness (QED) is 0.278. The molecule has 2 aromatic rings. The molecule has 0 spiro atoms. The van der Waals surface area contributed by atoms with Crippen LogP contribution in [0.3, 0.4) is 0 Å². The van der Waals surface area contributed by atoms with Gasteiger partial charge in [0, 0.05) is 62.8 Å². The molecule has 7 nitrogen and oxygen atoms in total. The largest absolute Gasteiger partial charge is 0.356 e. The van der Waals surface area contributed by atoms with Gasteiger partial charge in [-0.1, -0.05) is 41.0 Å². The Balaban J connectivity index is 0.00000240. The van der Waals surface area contributed by atoms with Gasteiger partial charge in [-0.05, 0) is 18.6 Å². The maximum Gasteiger partial charge on any atom is 0.228 e. The number of nitrogens with one attached hydrogen (secondary N) is 1. The average molecular weight is 529 g/mol. The van der Waals surface area contributed by atoms with Crippen molar-refractivity contribution in [1.82, 2.24) is 25.3 Å². The molecule has 29 heavy (non-hydrogen) atoms. The van der Waals surface area contributed by atoms with Gasteiger partial charge >= 0.3 is 0 Å². The van der Waals surface area contributed by atoms with Gasteiger partial charge in [-0.25, -0.2) is 0 Å². The van der Waals surface area contributed by atoms with Gasteiger partial charge in [0.05, 0.1) is 0 Å². The average Bonchev–Trinajstić information content (AvgIpc) is 3.46. The van der Waals surface area contributed by atoms with Crippen LogP contribution in [-0.2, 0) is 6.42 Å². The molecule has 1 aromatic carbocycles. The molecular formula is C20H26ClIN6O. The minimum Gasteiger partial charge on any atom is -0.356 e. The Bertz CT molecular complexity index is 862. The van der Waals surface area contributed by atoms with Gasteiger partial charge in [0.25, 0.3) is 0 Å². The molecule has 0 saturated carbocycles. The van der Waals surface area contributed by atoms with E-state index in [-0.39, 0.29) is 24.0 Å². The van der Waals surface area contributed by atoms with Crippen LogP contribution in [-0.4, -0.2) is 71.7 Å². The maximum atomic E-state index is 6.03. The van der Waals surface area contributed by atoms with Crippen molar-refractivity contribution < 1.29 is 4.52 Å². The first kappa shape index (κ1) is 22.0. The number of guanidine groups is 1. The van der Waals surface area contributed by atoms with Crippen LogP contribution in [0.15, 0.2) is 45.9 Å². The van der Waals surface area contributed by atoms with Crippen LogP contribution in [0.5, 0.6) is 0 Å². The third kappa shape index (κ3) is 5.49. The Morgan fingerprint density at radius 3 is 2.93 bits per heavy atom. The van der Waals surface area contributed by atoms with Gasteiger partial charge in [0.2, 0.25) is 11.7 Å². The smallest absolute Gasteiger partial charge is 0.228 e. The van der Waals surface area contributed by atoms with Crippen LogP contribution in [0.4, 0.5) is 0 Å². The second-order valence-corrected chi connectivity index (χ2v) is 7.50. The van der Waals surface area contributed by atoms with Gasteiger partial charge in [0.1, 0.15) is 0 Å². The molecule has 0 radical (unpaired) electrons. The summed E-state index contributed by atoms with van der Waals surface area (Å²) in [5.74, 6) is 2.09. The van der Waals surface area contributed by atoms with Crippen molar-refractivity contribution >= 4 is 41.5 Å². The van der Waals surface area contributed by atoms with Crippen LogP contribution in [0.1, 0.15) is 12.3 Å². The Kier molecular flexibility index (Phi) is 7.91. The summed E-state index contributed by atoms with van der Waals surface area (Å²) in [5, 5.41) is 8.13. The number of nitrogens with zero attached hydrogens (tertiary/aromatic N) is 5. The molecule has 1 N–H and O–H groups in total. The third-order valence-electron chi connectivity index (χ3n) is 5.21. The first-order valence-electron chi connectivity index (χ1n) is 9.66. The molecule has 2 aliphatic rings. The van der Waals surface area contributed by atoms with E-state index < -0.39 is 0 Å². The first-order valence-corrected chi connectivity index (χ1v) is 10.0. The molecule has 1 atom stereocenters. The van der Waals surface area contributed by atoms with Crippen LogP contribution >= 0.6 is 35.6 Å². The van der Waals surface area contributed by atoms with Crippen molar-refractivity contribution in [2.45, 2.75) is 18.9 Å². The lowest BCUT2D eigenvalue weighted by Gasteiger charge is -2.25. The minimum atomic E-state index is 0. The van der Waals surface area contributed by atoms with Crippen molar-refractivity contribution in [1.29, 1.82) is 0 Å². The molecule has 0 amide bonds. The Hall–Kier alpha value is -1.65. The summed E-state index contributed by atoms with van der Waals surface area (Å²) in [4.78, 5) is 13.7. The fourth-order valence-corrected chi connectivity index (χ4v) is 3.93. The highest BCUT2D eigenvalue weighted by Gasteiger charge is 2.29. The normalized spacial score (nSPS) is 19.6. The van der Waals surface area contributed by atoms with Crippen LogP contribution in [0.2, 0.25) is 5.02 Å². The summed E-state index contributed by atoms with van der Waals surface area (Å²) in [6.45, 7) is 4.87. The monoisotopic (exact) mass is 528 g/mol. The number of hydrogen-bond donors (Lipinski definition) is 1. The van der Waals surface area contributed by atoms with E-state index in [1.807, 2.05) is 31.3 Å². The molecule has 0 aliphatic carbocycles.